The van der Waals surface area contributed by atoms with E-state index < -0.39 is 66.7 Å². The Hall–Kier alpha value is -3.54. The number of fused-ring (bicyclic) bond motifs is 4. The number of likely N-dealkylation sites (N-methyl/N-ethyl adjacent to an activating group) is 2. The van der Waals surface area contributed by atoms with Crippen LogP contribution in [0.1, 0.15) is 53.4 Å². The van der Waals surface area contributed by atoms with Gasteiger partial charge in [-0.3, -0.25) is 24.0 Å². The van der Waals surface area contributed by atoms with Crippen LogP contribution in [0.15, 0.2) is 0 Å². The van der Waals surface area contributed by atoms with Gasteiger partial charge in [0.05, 0.1) is 60.1 Å². The molecule has 0 N–H and O–H groups in total. The van der Waals surface area contributed by atoms with Crippen molar-refractivity contribution in [3.63, 3.8) is 0 Å². The second kappa shape index (κ2) is 17.7. The lowest BCUT2D eigenvalue weighted by atomic mass is 9.78. The number of ether oxygens (including phenoxy) is 7. The highest BCUT2D eigenvalue weighted by Gasteiger charge is 2.58. The molecule has 0 aromatic heterocycles. The third-order valence-electron chi connectivity index (χ3n) is 10.9. The lowest BCUT2D eigenvalue weighted by Crippen LogP contribution is -2.52. The number of piperazine rings is 2. The van der Waals surface area contributed by atoms with Gasteiger partial charge >= 0.3 is 24.1 Å². The molecule has 0 aliphatic carbocycles. The molecule has 2 amide bonds. The van der Waals surface area contributed by atoms with Crippen molar-refractivity contribution in [1.29, 1.82) is 0 Å². The van der Waals surface area contributed by atoms with Crippen LogP contribution in [-0.4, -0.2) is 167 Å². The molecule has 6 aliphatic rings. The molecule has 0 saturated carbocycles. The molecule has 17 heteroatoms. The topological polar surface area (TPSA) is 180 Å². The number of esters is 3. The highest BCUT2D eigenvalue weighted by atomic mass is 16.8. The van der Waals surface area contributed by atoms with E-state index in [2.05, 4.69) is 19.3 Å². The summed E-state index contributed by atoms with van der Waals surface area (Å²) in [7, 11) is 4.05. The van der Waals surface area contributed by atoms with Crippen LogP contribution in [-0.2, 0) is 57.1 Å². The first-order valence-electron chi connectivity index (χ1n) is 18.7. The van der Waals surface area contributed by atoms with E-state index in [4.69, 9.17) is 23.7 Å². The van der Waals surface area contributed by atoms with Crippen molar-refractivity contribution in [2.45, 2.75) is 77.8 Å². The van der Waals surface area contributed by atoms with Gasteiger partial charge in [-0.1, -0.05) is 0 Å². The maximum atomic E-state index is 13.1. The minimum absolute atomic E-state index is 0.0241. The second-order valence-electron chi connectivity index (χ2n) is 15.6. The summed E-state index contributed by atoms with van der Waals surface area (Å²) in [6.45, 7) is 11.9. The molecular formula is C36H56N4O13. The number of hydrogen-bond donors (Lipinski definition) is 0. The quantitative estimate of drug-likeness (QED) is 0.184. The van der Waals surface area contributed by atoms with Crippen LogP contribution in [0.25, 0.3) is 0 Å². The zero-order valence-corrected chi connectivity index (χ0v) is 31.8. The van der Waals surface area contributed by atoms with E-state index in [9.17, 15) is 28.8 Å². The van der Waals surface area contributed by atoms with Gasteiger partial charge in [0.25, 0.3) is 0 Å². The number of hydrogen-bond acceptors (Lipinski definition) is 15. The van der Waals surface area contributed by atoms with Gasteiger partial charge in [0.2, 0.25) is 25.4 Å². The molecule has 0 spiro atoms. The summed E-state index contributed by atoms with van der Waals surface area (Å²) in [5.74, 6) is -3.88. The second-order valence-corrected chi connectivity index (χ2v) is 15.6. The molecule has 53 heavy (non-hydrogen) atoms. The third kappa shape index (κ3) is 9.77. The molecule has 0 radical (unpaired) electrons. The van der Waals surface area contributed by atoms with E-state index in [1.54, 1.807) is 27.7 Å². The number of nitrogens with zero attached hydrogens (tertiary/aromatic N) is 4. The van der Waals surface area contributed by atoms with E-state index in [1.807, 2.05) is 23.9 Å². The molecule has 4 bridgehead atoms. The smallest absolute Gasteiger partial charge is 0.435 e. The highest BCUT2D eigenvalue weighted by Crippen LogP contribution is 2.46. The van der Waals surface area contributed by atoms with Crippen molar-refractivity contribution in [2.75, 3.05) is 86.6 Å². The van der Waals surface area contributed by atoms with Crippen molar-refractivity contribution in [3.8, 4) is 0 Å². The summed E-state index contributed by atoms with van der Waals surface area (Å²) in [4.78, 5) is 82.1. The molecule has 6 rings (SSSR count). The molecule has 6 heterocycles. The van der Waals surface area contributed by atoms with E-state index >= 15 is 0 Å². The maximum Gasteiger partial charge on any atom is 0.511 e. The average Bonchev–Trinajstić information content (AvgIpc) is 3.94. The first-order valence-corrected chi connectivity index (χ1v) is 18.7. The van der Waals surface area contributed by atoms with Crippen LogP contribution < -0.4 is 0 Å². The fourth-order valence-corrected chi connectivity index (χ4v) is 7.90. The molecular weight excluding hydrogens is 696 g/mol. The average molecular weight is 753 g/mol. The van der Waals surface area contributed by atoms with Gasteiger partial charge in [-0.15, -0.1) is 0 Å². The predicted molar refractivity (Wildman–Crippen MR) is 183 cm³/mol. The standard InChI is InChI=1S/C19H30N2O6.C17H26N2O7/c1-19(2,3)18(24)26-11-25-17(23)15-13-6-5-12(27-13)14(15)16(22)21-9-7-20(4)8-10-21;1-3-23-17(22)25-10-24-16(21)14-12-5-4-11(26-12)13(14)15(20)19-8-6-18(2)7-9-19/h12-15H,5-11H2,1-4H3;11-14H,3-10H2,1-2H3/t12-,13+,14-,15+;11-,12+,13-,14+/m00/s1. The predicted octanol–water partition coefficient (Wildman–Crippen LogP) is 0.872. The van der Waals surface area contributed by atoms with Crippen LogP contribution in [0.2, 0.25) is 0 Å². The Kier molecular flexibility index (Phi) is 13.6. The third-order valence-corrected chi connectivity index (χ3v) is 10.9. The van der Waals surface area contributed by atoms with Crippen LogP contribution in [0.3, 0.4) is 0 Å². The lowest BCUT2D eigenvalue weighted by Gasteiger charge is -2.36. The summed E-state index contributed by atoms with van der Waals surface area (Å²) >= 11 is 0. The minimum Gasteiger partial charge on any atom is -0.435 e. The summed E-state index contributed by atoms with van der Waals surface area (Å²) in [5.41, 5.74) is -0.665. The van der Waals surface area contributed by atoms with Crippen LogP contribution in [0.4, 0.5) is 4.79 Å². The van der Waals surface area contributed by atoms with Gasteiger partial charge < -0.3 is 52.8 Å². The normalized spacial score (nSPS) is 31.0. The zero-order chi connectivity index (χ0) is 38.4. The zero-order valence-electron chi connectivity index (χ0n) is 31.8. The van der Waals surface area contributed by atoms with Gasteiger partial charge in [-0.05, 0) is 67.5 Å². The maximum absolute atomic E-state index is 13.1. The van der Waals surface area contributed by atoms with Crippen molar-refractivity contribution in [1.82, 2.24) is 19.6 Å². The molecule has 6 aliphatic heterocycles. The van der Waals surface area contributed by atoms with Crippen molar-refractivity contribution in [3.05, 3.63) is 0 Å². The Labute approximate surface area is 310 Å². The SMILES string of the molecule is CCOC(=O)OCOC(=O)[C@H]1[C@@H](C(=O)N2CCN(C)CC2)[C@@H]2CC[C@H]1O2.CN1CCN(C(=O)[C@@H]2[C@H](C(=O)OCOC(=O)C(C)(C)C)[C@H]3CC[C@@H]2O3)CC1. The summed E-state index contributed by atoms with van der Waals surface area (Å²) in [6, 6.07) is 0. The van der Waals surface area contributed by atoms with Crippen molar-refractivity contribution in [2.24, 2.45) is 29.1 Å². The Morgan fingerprint density at radius 3 is 1.30 bits per heavy atom. The fraction of sp³-hybridized carbons (Fsp3) is 0.833. The Morgan fingerprint density at radius 2 is 0.925 bits per heavy atom. The van der Waals surface area contributed by atoms with Crippen LogP contribution in [0, 0.1) is 29.1 Å². The largest absolute Gasteiger partial charge is 0.511 e. The monoisotopic (exact) mass is 752 g/mol. The fourth-order valence-electron chi connectivity index (χ4n) is 7.90. The highest BCUT2D eigenvalue weighted by molar-refractivity contribution is 5.88. The number of rotatable bonds is 9. The van der Waals surface area contributed by atoms with Crippen molar-refractivity contribution < 1.29 is 61.9 Å². The van der Waals surface area contributed by atoms with E-state index in [1.165, 1.54) is 0 Å². The molecule has 0 unspecified atom stereocenters. The number of carbonyl (C=O) groups excluding carboxylic acids is 6. The minimum atomic E-state index is -0.894. The van der Waals surface area contributed by atoms with Crippen LogP contribution >= 0.6 is 0 Å². The molecule has 17 nitrogen and oxygen atoms in total. The first-order chi connectivity index (χ1) is 25.2. The van der Waals surface area contributed by atoms with E-state index in [0.717, 1.165) is 51.9 Å². The van der Waals surface area contributed by atoms with Gasteiger partial charge in [-0.2, -0.15) is 0 Å². The Balaban J connectivity index is 0.000000204. The summed E-state index contributed by atoms with van der Waals surface area (Å²) in [6.07, 6.45) is 1.09. The van der Waals surface area contributed by atoms with Gasteiger partial charge in [0, 0.05) is 52.4 Å². The summed E-state index contributed by atoms with van der Waals surface area (Å²) in [5, 5.41) is 0. The summed E-state index contributed by atoms with van der Waals surface area (Å²) < 4.78 is 36.2. The molecule has 6 fully saturated rings. The Bertz CT molecular complexity index is 1340. The Morgan fingerprint density at radius 1 is 0.547 bits per heavy atom. The van der Waals surface area contributed by atoms with Gasteiger partial charge in [-0.25, -0.2) is 4.79 Å². The molecule has 298 valence electrons. The van der Waals surface area contributed by atoms with E-state index in [0.29, 0.717) is 26.2 Å². The van der Waals surface area contributed by atoms with Crippen molar-refractivity contribution >= 4 is 35.9 Å². The van der Waals surface area contributed by atoms with E-state index in [-0.39, 0.29) is 42.8 Å². The number of amides is 2. The number of carbonyl (C=O) groups is 6. The van der Waals surface area contributed by atoms with Gasteiger partial charge in [0.1, 0.15) is 0 Å². The molecule has 0 aromatic carbocycles. The first kappa shape index (κ1) is 40.6. The lowest BCUT2D eigenvalue weighted by molar-refractivity contribution is -0.178. The molecule has 6 saturated heterocycles. The molecule has 8 atom stereocenters. The molecule has 0 aromatic rings. The van der Waals surface area contributed by atoms with Gasteiger partial charge in [0.15, 0.2) is 0 Å². The van der Waals surface area contributed by atoms with Crippen LogP contribution in [0.5, 0.6) is 0 Å².